The lowest BCUT2D eigenvalue weighted by Crippen LogP contribution is -2.45. The van der Waals surface area contributed by atoms with Crippen molar-refractivity contribution in [2.75, 3.05) is 26.2 Å². The highest BCUT2D eigenvalue weighted by Crippen LogP contribution is 2.71. The zero-order valence-electron chi connectivity index (χ0n) is 17.0. The summed E-state index contributed by atoms with van der Waals surface area (Å²) in [5.41, 5.74) is 0.985. The summed E-state index contributed by atoms with van der Waals surface area (Å²) < 4.78 is 0. The lowest BCUT2D eigenvalue weighted by Gasteiger charge is -2.38. The molecule has 4 aliphatic carbocycles. The average molecular weight is 402 g/mol. The van der Waals surface area contributed by atoms with Gasteiger partial charge in [-0.3, -0.25) is 14.4 Å². The maximum atomic E-state index is 13.2. The number of ketones is 1. The largest absolute Gasteiger partial charge is 0.342 e. The highest BCUT2D eigenvalue weighted by atomic mass is 16.2. The van der Waals surface area contributed by atoms with Crippen LogP contribution in [0, 0.1) is 46.8 Å². The number of amides is 2. The minimum Gasteiger partial charge on any atom is -0.342 e. The topological polar surface area (TPSA) is 57.7 Å². The number of carbonyl (C=O) groups excluding carboxylic acids is 3. The summed E-state index contributed by atoms with van der Waals surface area (Å²) in [5.74, 6) is 7.37. The molecule has 154 valence electrons. The fourth-order valence-electron chi connectivity index (χ4n) is 6.83. The molecule has 2 amide bonds. The number of carbonyl (C=O) groups is 3. The molecule has 1 aromatic carbocycles. The van der Waals surface area contributed by atoms with E-state index in [-0.39, 0.29) is 35.0 Å². The summed E-state index contributed by atoms with van der Waals surface area (Å²) in [6, 6.07) is 9.58. The standard InChI is InChI=1S/C25H26N2O3/c28-19(7-6-16-4-2-1-3-5-16)26-11-8-25(9-12-26)10-13-27(15-25)24(30)22-18-14-17-20(22)21(17)23(18)29/h1-5,17-18,20-22H,8-15H2/t17-,18+,20+,21-,22-/m1/s1. The second-order valence-electron chi connectivity index (χ2n) is 9.96. The van der Waals surface area contributed by atoms with Gasteiger partial charge in [-0.15, -0.1) is 0 Å². The van der Waals surface area contributed by atoms with Crippen LogP contribution in [-0.2, 0) is 14.4 Å². The molecule has 0 aromatic heterocycles. The number of likely N-dealkylation sites (tertiary alicyclic amines) is 2. The minimum absolute atomic E-state index is 0.0161. The molecule has 2 heterocycles. The fraction of sp³-hybridized carbons (Fsp3) is 0.560. The van der Waals surface area contributed by atoms with Gasteiger partial charge in [0.1, 0.15) is 5.78 Å². The van der Waals surface area contributed by atoms with Gasteiger partial charge >= 0.3 is 0 Å². The third kappa shape index (κ3) is 2.66. The van der Waals surface area contributed by atoms with Crippen molar-refractivity contribution in [1.29, 1.82) is 0 Å². The fourth-order valence-corrected chi connectivity index (χ4v) is 6.83. The van der Waals surface area contributed by atoms with Gasteiger partial charge in [0.15, 0.2) is 0 Å². The maximum Gasteiger partial charge on any atom is 0.298 e. The summed E-state index contributed by atoms with van der Waals surface area (Å²) in [6.45, 7) is 3.02. The number of nitrogens with zero attached hydrogens (tertiary/aromatic N) is 2. The molecule has 1 spiro atoms. The van der Waals surface area contributed by atoms with Crippen LogP contribution in [0.4, 0.5) is 0 Å². The number of rotatable bonds is 1. The maximum absolute atomic E-state index is 13.2. The molecular weight excluding hydrogens is 376 g/mol. The Morgan fingerprint density at radius 1 is 1.00 bits per heavy atom. The zero-order valence-corrected chi connectivity index (χ0v) is 17.0. The molecule has 0 radical (unpaired) electrons. The molecule has 5 nitrogen and oxygen atoms in total. The molecule has 6 aliphatic rings. The van der Waals surface area contributed by atoms with Gasteiger partial charge in [0.05, 0.1) is 5.92 Å². The predicted octanol–water partition coefficient (Wildman–Crippen LogP) is 1.96. The Bertz CT molecular complexity index is 983. The van der Waals surface area contributed by atoms with E-state index < -0.39 is 0 Å². The van der Waals surface area contributed by atoms with Gasteiger partial charge in [-0.25, -0.2) is 0 Å². The minimum atomic E-state index is -0.108. The number of Topliss-reactive ketones (excluding diaryl/α,β-unsaturated/α-hetero) is 1. The molecule has 7 rings (SSSR count). The predicted molar refractivity (Wildman–Crippen MR) is 110 cm³/mol. The summed E-state index contributed by atoms with van der Waals surface area (Å²) >= 11 is 0. The van der Waals surface area contributed by atoms with E-state index in [0.29, 0.717) is 30.7 Å². The Morgan fingerprint density at radius 2 is 1.70 bits per heavy atom. The molecule has 0 unspecified atom stereocenters. The van der Waals surface area contributed by atoms with Crippen molar-refractivity contribution >= 4 is 17.6 Å². The molecular formula is C25H26N2O3. The van der Waals surface area contributed by atoms with Gasteiger partial charge in [-0.1, -0.05) is 24.1 Å². The normalized spacial score (nSPS) is 34.8. The number of piperidine rings is 1. The van der Waals surface area contributed by atoms with Crippen LogP contribution in [0.2, 0.25) is 0 Å². The Balaban J connectivity index is 1.06. The summed E-state index contributed by atoms with van der Waals surface area (Å²) in [7, 11) is 0. The van der Waals surface area contributed by atoms with Crippen molar-refractivity contribution < 1.29 is 14.4 Å². The monoisotopic (exact) mass is 402 g/mol. The molecule has 4 saturated carbocycles. The van der Waals surface area contributed by atoms with Gasteiger partial charge in [0, 0.05) is 49.5 Å². The number of hydrogen-bond donors (Lipinski definition) is 0. The molecule has 5 atom stereocenters. The second-order valence-corrected chi connectivity index (χ2v) is 9.96. The Hall–Kier alpha value is -2.61. The third-order valence-electron chi connectivity index (χ3n) is 8.53. The molecule has 0 N–H and O–H groups in total. The molecule has 6 fully saturated rings. The smallest absolute Gasteiger partial charge is 0.298 e. The second kappa shape index (κ2) is 6.44. The van der Waals surface area contributed by atoms with E-state index in [1.807, 2.05) is 40.1 Å². The summed E-state index contributed by atoms with van der Waals surface area (Å²) in [6.07, 6.45) is 3.83. The first kappa shape index (κ1) is 18.2. The van der Waals surface area contributed by atoms with Crippen molar-refractivity contribution in [3.8, 4) is 11.8 Å². The Kier molecular flexibility index (Phi) is 3.90. The van der Waals surface area contributed by atoms with Crippen LogP contribution in [0.25, 0.3) is 0 Å². The van der Waals surface area contributed by atoms with Gasteiger partial charge in [-0.2, -0.15) is 0 Å². The van der Waals surface area contributed by atoms with Crippen molar-refractivity contribution in [3.63, 3.8) is 0 Å². The van der Waals surface area contributed by atoms with E-state index in [9.17, 15) is 14.4 Å². The van der Waals surface area contributed by atoms with Gasteiger partial charge < -0.3 is 9.80 Å². The Labute approximate surface area is 176 Å². The average Bonchev–Trinajstić information content (AvgIpc) is 3.12. The van der Waals surface area contributed by atoms with Gasteiger partial charge in [0.2, 0.25) is 5.91 Å². The van der Waals surface area contributed by atoms with Crippen LogP contribution in [0.15, 0.2) is 30.3 Å². The van der Waals surface area contributed by atoms with Crippen molar-refractivity contribution in [2.45, 2.75) is 25.7 Å². The Morgan fingerprint density at radius 3 is 2.30 bits per heavy atom. The molecule has 2 aliphatic heterocycles. The highest BCUT2D eigenvalue weighted by Gasteiger charge is 2.75. The highest BCUT2D eigenvalue weighted by molar-refractivity contribution is 6.00. The lowest BCUT2D eigenvalue weighted by atomic mass is 9.77. The first-order valence-electron chi connectivity index (χ1n) is 11.2. The van der Waals surface area contributed by atoms with Crippen LogP contribution in [-0.4, -0.2) is 53.6 Å². The summed E-state index contributed by atoms with van der Waals surface area (Å²) in [5, 5.41) is 0. The zero-order chi connectivity index (χ0) is 20.5. The van der Waals surface area contributed by atoms with Gasteiger partial charge in [0.25, 0.3) is 5.91 Å². The third-order valence-corrected chi connectivity index (χ3v) is 8.53. The first-order chi connectivity index (χ1) is 14.6. The van der Waals surface area contributed by atoms with Crippen molar-refractivity contribution in [3.05, 3.63) is 35.9 Å². The molecule has 5 heteroatoms. The van der Waals surface area contributed by atoms with Crippen LogP contribution < -0.4 is 0 Å². The molecule has 2 saturated heterocycles. The molecule has 1 aromatic rings. The number of benzene rings is 1. The van der Waals surface area contributed by atoms with E-state index in [1.54, 1.807) is 0 Å². The molecule has 30 heavy (non-hydrogen) atoms. The molecule has 4 bridgehead atoms. The van der Waals surface area contributed by atoms with Crippen LogP contribution in [0.5, 0.6) is 0 Å². The number of hydrogen-bond acceptors (Lipinski definition) is 3. The SMILES string of the molecule is O=C1[C@@H]2[C@@H]3C[C@H]1[C@@H](C(=O)N1CCC4(CCN(C(=O)C#Cc5ccccc5)CC4)C1)[C@@H]32. The lowest BCUT2D eigenvalue weighted by molar-refractivity contribution is -0.138. The van der Waals surface area contributed by atoms with Crippen molar-refractivity contribution in [1.82, 2.24) is 9.80 Å². The summed E-state index contributed by atoms with van der Waals surface area (Å²) in [4.78, 5) is 41.8. The van der Waals surface area contributed by atoms with Crippen LogP contribution in [0.1, 0.15) is 31.2 Å². The van der Waals surface area contributed by atoms with E-state index >= 15 is 0 Å². The van der Waals surface area contributed by atoms with Crippen LogP contribution >= 0.6 is 0 Å². The van der Waals surface area contributed by atoms with E-state index in [2.05, 4.69) is 11.8 Å². The van der Waals surface area contributed by atoms with E-state index in [1.165, 1.54) is 0 Å². The van der Waals surface area contributed by atoms with E-state index in [4.69, 9.17) is 0 Å². The quantitative estimate of drug-likeness (QED) is 0.675. The van der Waals surface area contributed by atoms with Crippen molar-refractivity contribution in [2.24, 2.45) is 35.0 Å². The first-order valence-corrected chi connectivity index (χ1v) is 11.2. The van der Waals surface area contributed by atoms with Crippen LogP contribution in [0.3, 0.4) is 0 Å². The van der Waals surface area contributed by atoms with Gasteiger partial charge in [-0.05, 0) is 55.1 Å². The van der Waals surface area contributed by atoms with E-state index in [0.717, 1.165) is 44.3 Å².